The van der Waals surface area contributed by atoms with Gasteiger partial charge in [-0.1, -0.05) is 0 Å². The number of amides is 2. The Morgan fingerprint density at radius 1 is 1.38 bits per heavy atom. The molecule has 114 valence electrons. The highest BCUT2D eigenvalue weighted by molar-refractivity contribution is 7.80. The molecule has 1 aliphatic rings. The summed E-state index contributed by atoms with van der Waals surface area (Å²) in [6.07, 6.45) is 0. The van der Waals surface area contributed by atoms with Gasteiger partial charge in [-0.15, -0.1) is 0 Å². The number of carbonyl (C=O) groups excluding carboxylic acids is 1. The summed E-state index contributed by atoms with van der Waals surface area (Å²) in [5.74, 6) is 0. The third kappa shape index (κ3) is 4.49. The number of nitrogens with zero attached hydrogens (tertiary/aromatic N) is 2. The summed E-state index contributed by atoms with van der Waals surface area (Å²) in [6.45, 7) is 3.06. The van der Waals surface area contributed by atoms with E-state index in [2.05, 4.69) is 16.0 Å². The molecule has 3 N–H and O–H groups in total. The fraction of sp³-hybridized carbons (Fsp3) is 0.429. The van der Waals surface area contributed by atoms with Gasteiger partial charge in [0, 0.05) is 51.6 Å². The maximum absolute atomic E-state index is 11.8. The lowest BCUT2D eigenvalue weighted by molar-refractivity contribution is 0.251. The molecule has 0 spiro atoms. The topological polar surface area (TPSA) is 59.6 Å². The first-order valence-corrected chi connectivity index (χ1v) is 7.32. The van der Waals surface area contributed by atoms with Crippen molar-refractivity contribution in [2.24, 2.45) is 0 Å². The van der Waals surface area contributed by atoms with Crippen LogP contribution in [0, 0.1) is 0 Å². The summed E-state index contributed by atoms with van der Waals surface area (Å²) in [5, 5.41) is 9.48. The van der Waals surface area contributed by atoms with Crippen molar-refractivity contribution in [3.63, 3.8) is 0 Å². The molecule has 1 aliphatic heterocycles. The number of hydrogen-bond acceptors (Lipinski definition) is 3. The quantitative estimate of drug-likeness (QED) is 0.710. The van der Waals surface area contributed by atoms with Gasteiger partial charge in [0.2, 0.25) is 0 Å². The van der Waals surface area contributed by atoms with Crippen LogP contribution in [0.15, 0.2) is 24.3 Å². The molecule has 0 unspecified atom stereocenters. The Balaban J connectivity index is 1.72. The van der Waals surface area contributed by atoms with Crippen molar-refractivity contribution in [3.05, 3.63) is 24.3 Å². The second-order valence-electron chi connectivity index (χ2n) is 5.04. The SMILES string of the molecule is CN(C)c1ccc(NC(=O)NCCN2CCNC2=S)cc1. The average molecular weight is 307 g/mol. The van der Waals surface area contributed by atoms with Gasteiger partial charge in [0.25, 0.3) is 0 Å². The second-order valence-corrected chi connectivity index (χ2v) is 5.43. The summed E-state index contributed by atoms with van der Waals surface area (Å²) in [7, 11) is 3.96. The van der Waals surface area contributed by atoms with Crippen LogP contribution in [0.4, 0.5) is 16.2 Å². The van der Waals surface area contributed by atoms with Crippen molar-refractivity contribution in [2.75, 3.05) is 50.5 Å². The minimum absolute atomic E-state index is 0.203. The lowest BCUT2D eigenvalue weighted by Gasteiger charge is -2.17. The first-order valence-electron chi connectivity index (χ1n) is 6.91. The van der Waals surface area contributed by atoms with Gasteiger partial charge in [-0.25, -0.2) is 4.79 Å². The van der Waals surface area contributed by atoms with Crippen molar-refractivity contribution in [1.29, 1.82) is 0 Å². The molecule has 2 amide bonds. The van der Waals surface area contributed by atoms with E-state index in [1.165, 1.54) is 0 Å². The van der Waals surface area contributed by atoms with Crippen molar-refractivity contribution in [3.8, 4) is 0 Å². The molecule has 7 heteroatoms. The van der Waals surface area contributed by atoms with Crippen LogP contribution in [0.5, 0.6) is 0 Å². The Hall–Kier alpha value is -2.02. The van der Waals surface area contributed by atoms with Crippen molar-refractivity contribution < 1.29 is 4.79 Å². The summed E-state index contributed by atoms with van der Waals surface area (Å²) in [4.78, 5) is 15.8. The summed E-state index contributed by atoms with van der Waals surface area (Å²) in [5.41, 5.74) is 1.87. The Morgan fingerprint density at radius 2 is 2.10 bits per heavy atom. The maximum Gasteiger partial charge on any atom is 0.319 e. The molecule has 1 aromatic carbocycles. The lowest BCUT2D eigenvalue weighted by Crippen LogP contribution is -2.38. The number of benzene rings is 1. The van der Waals surface area contributed by atoms with Crippen LogP contribution < -0.4 is 20.9 Å². The highest BCUT2D eigenvalue weighted by atomic mass is 32.1. The van der Waals surface area contributed by atoms with Crippen LogP contribution in [0.3, 0.4) is 0 Å². The van der Waals surface area contributed by atoms with Crippen LogP contribution in [-0.2, 0) is 0 Å². The molecule has 21 heavy (non-hydrogen) atoms. The number of nitrogens with one attached hydrogen (secondary N) is 3. The third-order valence-corrected chi connectivity index (χ3v) is 3.66. The Kier molecular flexibility index (Phi) is 5.21. The van der Waals surface area contributed by atoms with Gasteiger partial charge in [0.05, 0.1) is 0 Å². The molecule has 0 aliphatic carbocycles. The van der Waals surface area contributed by atoms with Crippen LogP contribution in [-0.4, -0.2) is 56.3 Å². The molecule has 1 fully saturated rings. The molecular weight excluding hydrogens is 286 g/mol. The molecule has 6 nitrogen and oxygen atoms in total. The minimum atomic E-state index is -0.203. The molecule has 0 aromatic heterocycles. The Labute approximate surface area is 130 Å². The predicted octanol–water partition coefficient (Wildman–Crippen LogP) is 1.06. The standard InChI is InChI=1S/C14H21N5OS/c1-18(2)12-5-3-11(4-6-12)17-13(20)15-7-9-19-10-8-16-14(19)21/h3-6H,7-10H2,1-2H3,(H,16,21)(H2,15,17,20). The van der Waals surface area contributed by atoms with Gasteiger partial charge in [-0.2, -0.15) is 0 Å². The smallest absolute Gasteiger partial charge is 0.319 e. The normalized spacial score (nSPS) is 13.8. The largest absolute Gasteiger partial charge is 0.378 e. The van der Waals surface area contributed by atoms with E-state index in [9.17, 15) is 4.79 Å². The minimum Gasteiger partial charge on any atom is -0.378 e. The molecular formula is C14H21N5OS. The average Bonchev–Trinajstić information content (AvgIpc) is 2.85. The molecule has 0 radical (unpaired) electrons. The Morgan fingerprint density at radius 3 is 2.67 bits per heavy atom. The van der Waals surface area contributed by atoms with Gasteiger partial charge >= 0.3 is 6.03 Å². The van der Waals surface area contributed by atoms with Crippen molar-refractivity contribution in [2.45, 2.75) is 0 Å². The van der Waals surface area contributed by atoms with E-state index in [-0.39, 0.29) is 6.03 Å². The van der Waals surface area contributed by atoms with Crippen molar-refractivity contribution in [1.82, 2.24) is 15.5 Å². The molecule has 2 rings (SSSR count). The highest BCUT2D eigenvalue weighted by Crippen LogP contribution is 2.15. The summed E-state index contributed by atoms with van der Waals surface area (Å²) < 4.78 is 0. The van der Waals surface area contributed by atoms with Crippen LogP contribution >= 0.6 is 12.2 Å². The lowest BCUT2D eigenvalue weighted by atomic mass is 10.2. The number of thiocarbonyl (C=S) groups is 1. The number of rotatable bonds is 5. The zero-order valence-electron chi connectivity index (χ0n) is 12.3. The molecule has 0 saturated carbocycles. The summed E-state index contributed by atoms with van der Waals surface area (Å²) in [6, 6.07) is 7.49. The summed E-state index contributed by atoms with van der Waals surface area (Å²) >= 11 is 5.14. The van der Waals surface area contributed by atoms with E-state index in [4.69, 9.17) is 12.2 Å². The van der Waals surface area contributed by atoms with Crippen LogP contribution in [0.2, 0.25) is 0 Å². The van der Waals surface area contributed by atoms with E-state index in [1.807, 2.05) is 48.2 Å². The monoisotopic (exact) mass is 307 g/mol. The van der Waals surface area contributed by atoms with Gasteiger partial charge in [0.15, 0.2) is 5.11 Å². The molecule has 1 saturated heterocycles. The number of urea groups is 1. The van der Waals surface area contributed by atoms with E-state index >= 15 is 0 Å². The zero-order valence-corrected chi connectivity index (χ0v) is 13.2. The molecule has 0 bridgehead atoms. The number of hydrogen-bond donors (Lipinski definition) is 3. The molecule has 1 heterocycles. The Bertz CT molecular complexity index is 503. The first kappa shape index (κ1) is 15.4. The van der Waals surface area contributed by atoms with Crippen LogP contribution in [0.25, 0.3) is 0 Å². The van der Waals surface area contributed by atoms with E-state index in [0.717, 1.165) is 36.1 Å². The van der Waals surface area contributed by atoms with Crippen molar-refractivity contribution >= 4 is 34.7 Å². The van der Waals surface area contributed by atoms with E-state index < -0.39 is 0 Å². The predicted molar refractivity (Wildman–Crippen MR) is 90.0 cm³/mol. The third-order valence-electron chi connectivity index (χ3n) is 3.25. The van der Waals surface area contributed by atoms with Gasteiger partial charge < -0.3 is 25.8 Å². The van der Waals surface area contributed by atoms with E-state index in [1.54, 1.807) is 0 Å². The van der Waals surface area contributed by atoms with Crippen LogP contribution in [0.1, 0.15) is 0 Å². The second kappa shape index (κ2) is 7.12. The molecule has 0 atom stereocenters. The highest BCUT2D eigenvalue weighted by Gasteiger charge is 2.15. The first-order chi connectivity index (χ1) is 10.1. The number of carbonyl (C=O) groups is 1. The maximum atomic E-state index is 11.8. The fourth-order valence-corrected chi connectivity index (χ4v) is 2.33. The van der Waals surface area contributed by atoms with Gasteiger partial charge in [-0.05, 0) is 36.5 Å². The fourth-order valence-electron chi connectivity index (χ4n) is 2.05. The number of anilines is 2. The zero-order chi connectivity index (χ0) is 15.2. The van der Waals surface area contributed by atoms with E-state index in [0.29, 0.717) is 6.54 Å². The molecule has 1 aromatic rings. The van der Waals surface area contributed by atoms with Gasteiger partial charge in [0.1, 0.15) is 0 Å². The van der Waals surface area contributed by atoms with Gasteiger partial charge in [-0.3, -0.25) is 0 Å².